The van der Waals surface area contributed by atoms with Gasteiger partial charge in [-0.1, -0.05) is 23.8 Å². The van der Waals surface area contributed by atoms with E-state index in [0.29, 0.717) is 0 Å². The molecule has 0 radical (unpaired) electrons. The lowest BCUT2D eigenvalue weighted by atomic mass is 10.0. The van der Waals surface area contributed by atoms with Crippen LogP contribution < -0.4 is 0 Å². The van der Waals surface area contributed by atoms with Crippen LogP contribution in [0.5, 0.6) is 0 Å². The Morgan fingerprint density at radius 1 is 1.67 bits per heavy atom. The molecule has 0 aromatic heterocycles. The van der Waals surface area contributed by atoms with E-state index in [-0.39, 0.29) is 4.87 Å². The van der Waals surface area contributed by atoms with Crippen LogP contribution in [-0.4, -0.2) is 4.87 Å². The first-order valence-corrected chi connectivity index (χ1v) is 3.59. The van der Waals surface area contributed by atoms with Crippen LogP contribution in [0.3, 0.4) is 0 Å². The zero-order chi connectivity index (χ0) is 6.91. The van der Waals surface area contributed by atoms with Gasteiger partial charge in [-0.05, 0) is 13.0 Å². The lowest BCUT2D eigenvalue weighted by molar-refractivity contribution is 0.774. The highest BCUT2D eigenvalue weighted by molar-refractivity contribution is 6.32. The Bertz CT molecular complexity index is 166. The molecule has 0 amide bonds. The first kappa shape index (κ1) is 7.17. The van der Waals surface area contributed by atoms with Crippen molar-refractivity contribution in [1.82, 2.24) is 0 Å². The van der Waals surface area contributed by atoms with E-state index in [1.165, 1.54) is 0 Å². The van der Waals surface area contributed by atoms with Gasteiger partial charge in [0.25, 0.3) is 0 Å². The Hall–Kier alpha value is 0.0600. The van der Waals surface area contributed by atoms with E-state index in [0.717, 1.165) is 11.5 Å². The van der Waals surface area contributed by atoms with E-state index in [9.17, 15) is 0 Å². The first-order chi connectivity index (χ1) is 4.10. The van der Waals surface area contributed by atoms with Crippen molar-refractivity contribution >= 4 is 23.2 Å². The van der Waals surface area contributed by atoms with Crippen LogP contribution in [0.4, 0.5) is 0 Å². The summed E-state index contributed by atoms with van der Waals surface area (Å²) in [5, 5.41) is 0.829. The van der Waals surface area contributed by atoms with Crippen LogP contribution in [0.15, 0.2) is 23.3 Å². The number of halogens is 2. The minimum absolute atomic E-state index is 0.258. The molecule has 1 rings (SSSR count). The van der Waals surface area contributed by atoms with Gasteiger partial charge in [-0.25, -0.2) is 0 Å². The largest absolute Gasteiger partial charge is 0.115 e. The minimum Gasteiger partial charge on any atom is -0.115 e. The third kappa shape index (κ3) is 2.04. The maximum Gasteiger partial charge on any atom is 0.0649 e. The lowest BCUT2D eigenvalue weighted by Gasteiger charge is -2.18. The van der Waals surface area contributed by atoms with Crippen molar-refractivity contribution in [2.75, 3.05) is 0 Å². The zero-order valence-corrected chi connectivity index (χ0v) is 6.71. The third-order valence-electron chi connectivity index (χ3n) is 1.24. The van der Waals surface area contributed by atoms with Gasteiger partial charge in [0.15, 0.2) is 0 Å². The first-order valence-electron chi connectivity index (χ1n) is 2.83. The second-order valence-electron chi connectivity index (χ2n) is 2.43. The van der Waals surface area contributed by atoms with Gasteiger partial charge >= 0.3 is 0 Å². The van der Waals surface area contributed by atoms with Gasteiger partial charge in [-0.3, -0.25) is 0 Å². The van der Waals surface area contributed by atoms with Crippen LogP contribution in [0.2, 0.25) is 0 Å². The smallest absolute Gasteiger partial charge is 0.0649 e. The van der Waals surface area contributed by atoms with Gasteiger partial charge in [0.05, 0.1) is 4.87 Å². The van der Waals surface area contributed by atoms with Gasteiger partial charge in [-0.2, -0.15) is 0 Å². The summed E-state index contributed by atoms with van der Waals surface area (Å²) in [6.07, 6.45) is 6.44. The molecule has 0 aliphatic heterocycles. The van der Waals surface area contributed by atoms with Crippen LogP contribution in [0.1, 0.15) is 13.3 Å². The molecule has 9 heavy (non-hydrogen) atoms. The van der Waals surface area contributed by atoms with E-state index in [1.54, 1.807) is 0 Å². The van der Waals surface area contributed by atoms with Crippen molar-refractivity contribution in [1.29, 1.82) is 0 Å². The molecule has 0 fully saturated rings. The topological polar surface area (TPSA) is 0 Å². The van der Waals surface area contributed by atoms with E-state index < -0.39 is 0 Å². The fourth-order valence-corrected chi connectivity index (χ4v) is 1.44. The second kappa shape index (κ2) is 2.36. The van der Waals surface area contributed by atoms with Crippen molar-refractivity contribution in [3.8, 4) is 0 Å². The van der Waals surface area contributed by atoms with E-state index in [2.05, 4.69) is 0 Å². The lowest BCUT2D eigenvalue weighted by Crippen LogP contribution is -2.13. The van der Waals surface area contributed by atoms with Gasteiger partial charge in [-0.15, -0.1) is 11.6 Å². The molecule has 0 saturated carbocycles. The molecule has 0 saturated heterocycles. The predicted molar refractivity (Wildman–Crippen MR) is 42.0 cm³/mol. The maximum absolute atomic E-state index is 5.95. The number of alkyl halides is 1. The molecule has 0 nitrogen and oxygen atoms in total. The van der Waals surface area contributed by atoms with Crippen molar-refractivity contribution in [2.45, 2.75) is 18.2 Å². The number of hydrogen-bond acceptors (Lipinski definition) is 0. The molecule has 1 atom stereocenters. The molecule has 0 aromatic carbocycles. The van der Waals surface area contributed by atoms with E-state index in [1.807, 2.05) is 25.2 Å². The fourth-order valence-electron chi connectivity index (χ4n) is 0.801. The molecular weight excluding hydrogens is 155 g/mol. The molecule has 1 aliphatic rings. The average Bonchev–Trinajstić information content (AvgIpc) is 1.60. The van der Waals surface area contributed by atoms with Crippen molar-refractivity contribution in [3.63, 3.8) is 0 Å². The molecule has 1 aliphatic carbocycles. The summed E-state index contributed by atoms with van der Waals surface area (Å²) in [6, 6.07) is 0. The van der Waals surface area contributed by atoms with Crippen molar-refractivity contribution in [3.05, 3.63) is 23.3 Å². The Kier molecular flexibility index (Phi) is 1.88. The summed E-state index contributed by atoms with van der Waals surface area (Å²) in [5.74, 6) is 0. The molecule has 50 valence electrons. The number of hydrogen-bond donors (Lipinski definition) is 0. The summed E-state index contributed by atoms with van der Waals surface area (Å²) in [5.41, 5.74) is 0. The van der Waals surface area contributed by atoms with Gasteiger partial charge in [0.2, 0.25) is 0 Å². The van der Waals surface area contributed by atoms with Crippen LogP contribution in [0.25, 0.3) is 0 Å². The molecular formula is C7H8Cl2. The van der Waals surface area contributed by atoms with Gasteiger partial charge < -0.3 is 0 Å². The molecule has 0 heterocycles. The number of allylic oxidation sites excluding steroid dienone is 4. The summed E-state index contributed by atoms with van der Waals surface area (Å²) >= 11 is 11.7. The highest BCUT2D eigenvalue weighted by Gasteiger charge is 2.19. The fraction of sp³-hybridized carbons (Fsp3) is 0.429. The Morgan fingerprint density at radius 2 is 2.33 bits per heavy atom. The van der Waals surface area contributed by atoms with Crippen molar-refractivity contribution < 1.29 is 0 Å². The van der Waals surface area contributed by atoms with Crippen molar-refractivity contribution in [2.24, 2.45) is 0 Å². The minimum atomic E-state index is -0.258. The van der Waals surface area contributed by atoms with E-state index in [4.69, 9.17) is 23.2 Å². The molecule has 0 bridgehead atoms. The zero-order valence-electron chi connectivity index (χ0n) is 5.20. The number of rotatable bonds is 0. The summed E-state index contributed by atoms with van der Waals surface area (Å²) in [4.78, 5) is -0.258. The highest BCUT2D eigenvalue weighted by atomic mass is 35.5. The van der Waals surface area contributed by atoms with Gasteiger partial charge in [0.1, 0.15) is 0 Å². The standard InChI is InChI=1S/C7H8Cl2/c1-7(9)4-2-3-6(8)5-7/h2-4H,5H2,1H3. The van der Waals surface area contributed by atoms with Crippen LogP contribution >= 0.6 is 23.2 Å². The normalized spacial score (nSPS) is 34.3. The third-order valence-corrected chi connectivity index (χ3v) is 1.75. The monoisotopic (exact) mass is 162 g/mol. The van der Waals surface area contributed by atoms with Crippen LogP contribution in [-0.2, 0) is 0 Å². The maximum atomic E-state index is 5.95. The van der Waals surface area contributed by atoms with Gasteiger partial charge in [0, 0.05) is 11.5 Å². The van der Waals surface area contributed by atoms with Crippen LogP contribution in [0, 0.1) is 0 Å². The molecule has 0 aromatic rings. The quantitative estimate of drug-likeness (QED) is 0.481. The highest BCUT2D eigenvalue weighted by Crippen LogP contribution is 2.30. The summed E-state index contributed by atoms with van der Waals surface area (Å²) in [6.45, 7) is 1.94. The Balaban J connectivity index is 2.73. The summed E-state index contributed by atoms with van der Waals surface area (Å²) < 4.78 is 0. The molecule has 0 spiro atoms. The Labute approximate surface area is 65.2 Å². The predicted octanol–water partition coefficient (Wildman–Crippen LogP) is 3.07. The second-order valence-corrected chi connectivity index (χ2v) is 3.78. The Morgan fingerprint density at radius 3 is 2.67 bits per heavy atom. The molecule has 1 unspecified atom stereocenters. The molecule has 2 heteroatoms. The van der Waals surface area contributed by atoms with E-state index >= 15 is 0 Å². The SMILES string of the molecule is CC1(Cl)C=CC=C(Cl)C1. The summed E-state index contributed by atoms with van der Waals surface area (Å²) in [7, 11) is 0. The average molecular weight is 163 g/mol. The molecule has 0 N–H and O–H groups in total.